The van der Waals surface area contributed by atoms with Gasteiger partial charge in [-0.2, -0.15) is 4.31 Å². The molecule has 5 nitrogen and oxygen atoms in total. The largest absolute Gasteiger partial charge is 0.431 e. The predicted molar refractivity (Wildman–Crippen MR) is 100 cm³/mol. The van der Waals surface area contributed by atoms with E-state index in [0.717, 1.165) is 0 Å². The summed E-state index contributed by atoms with van der Waals surface area (Å²) < 4.78 is 45.9. The van der Waals surface area contributed by atoms with Gasteiger partial charge in [0.1, 0.15) is 11.3 Å². The Bertz CT molecular complexity index is 1010. The predicted octanol–water partition coefficient (Wildman–Crippen LogP) is 4.29. The van der Waals surface area contributed by atoms with E-state index in [1.165, 1.54) is 34.3 Å². The second kappa shape index (κ2) is 7.77. The molecule has 0 fully saturated rings. The molecule has 0 aliphatic rings. The molecule has 26 heavy (non-hydrogen) atoms. The van der Waals surface area contributed by atoms with E-state index in [4.69, 9.17) is 4.42 Å². The molecule has 8 heteroatoms. The minimum absolute atomic E-state index is 0.188. The van der Waals surface area contributed by atoms with Crippen molar-refractivity contribution >= 4 is 32.9 Å². The van der Waals surface area contributed by atoms with Crippen LogP contribution in [0.2, 0.25) is 0 Å². The van der Waals surface area contributed by atoms with E-state index in [9.17, 15) is 12.8 Å². The van der Waals surface area contributed by atoms with Gasteiger partial charge in [0.2, 0.25) is 10.0 Å². The summed E-state index contributed by atoms with van der Waals surface area (Å²) in [5, 5.41) is 0.376. The Balaban J connectivity index is 1.85. The van der Waals surface area contributed by atoms with Crippen LogP contribution in [0.1, 0.15) is 19.4 Å². The zero-order valence-corrected chi connectivity index (χ0v) is 16.1. The number of oxazole rings is 1. The lowest BCUT2D eigenvalue weighted by Gasteiger charge is -2.18. The van der Waals surface area contributed by atoms with Gasteiger partial charge in [-0.05, 0) is 29.8 Å². The molecule has 3 aromatic rings. The standard InChI is InChI=1S/C18H19FN2O3S2/c1-3-21(4-2)26(22,23)14-9-10-17-16(11-14)20-18(24-17)25-12-13-7-5-6-8-15(13)19/h5-11H,3-4,12H2,1-2H3. The van der Waals surface area contributed by atoms with Gasteiger partial charge in [-0.15, -0.1) is 0 Å². The molecular weight excluding hydrogens is 375 g/mol. The molecule has 0 unspecified atom stereocenters. The van der Waals surface area contributed by atoms with Crippen LogP contribution in [0.15, 0.2) is 57.0 Å². The molecule has 0 spiro atoms. The number of nitrogens with zero attached hydrogens (tertiary/aromatic N) is 2. The minimum Gasteiger partial charge on any atom is -0.431 e. The third kappa shape index (κ3) is 3.77. The van der Waals surface area contributed by atoms with Crippen molar-refractivity contribution < 1.29 is 17.2 Å². The number of thioether (sulfide) groups is 1. The fraction of sp³-hybridized carbons (Fsp3) is 0.278. The summed E-state index contributed by atoms with van der Waals surface area (Å²) in [7, 11) is -3.55. The molecule has 1 aromatic heterocycles. The molecular formula is C18H19FN2O3S2. The van der Waals surface area contributed by atoms with Crippen LogP contribution >= 0.6 is 11.8 Å². The Morgan fingerprint density at radius 2 is 1.88 bits per heavy atom. The number of hydrogen-bond acceptors (Lipinski definition) is 5. The highest BCUT2D eigenvalue weighted by molar-refractivity contribution is 7.98. The Hall–Kier alpha value is -1.90. The van der Waals surface area contributed by atoms with Crippen molar-refractivity contribution in [1.82, 2.24) is 9.29 Å². The van der Waals surface area contributed by atoms with Crippen molar-refractivity contribution in [2.45, 2.75) is 29.7 Å². The maximum absolute atomic E-state index is 13.7. The van der Waals surface area contributed by atoms with Gasteiger partial charge in [0.25, 0.3) is 5.22 Å². The van der Waals surface area contributed by atoms with Gasteiger partial charge in [-0.1, -0.05) is 43.8 Å². The molecule has 0 N–H and O–H groups in total. The van der Waals surface area contributed by atoms with Crippen LogP contribution in [0.4, 0.5) is 4.39 Å². The number of halogens is 1. The molecule has 0 bridgehead atoms. The molecule has 3 rings (SSSR count). The first-order chi connectivity index (χ1) is 12.5. The topological polar surface area (TPSA) is 63.4 Å². The second-order valence-electron chi connectivity index (χ2n) is 5.58. The highest BCUT2D eigenvalue weighted by Gasteiger charge is 2.22. The molecule has 1 heterocycles. The number of rotatable bonds is 7. The quantitative estimate of drug-likeness (QED) is 0.560. The maximum Gasteiger partial charge on any atom is 0.257 e. The lowest BCUT2D eigenvalue weighted by atomic mass is 10.2. The van der Waals surface area contributed by atoms with Crippen molar-refractivity contribution in [3.05, 3.63) is 53.8 Å². The van der Waals surface area contributed by atoms with Gasteiger partial charge in [0, 0.05) is 18.8 Å². The van der Waals surface area contributed by atoms with E-state index in [-0.39, 0.29) is 10.7 Å². The SMILES string of the molecule is CCN(CC)S(=O)(=O)c1ccc2oc(SCc3ccccc3F)nc2c1. The van der Waals surface area contributed by atoms with Gasteiger partial charge in [-0.25, -0.2) is 17.8 Å². The minimum atomic E-state index is -3.55. The normalized spacial score (nSPS) is 12.2. The van der Waals surface area contributed by atoms with Crippen molar-refractivity contribution in [3.63, 3.8) is 0 Å². The van der Waals surface area contributed by atoms with Gasteiger partial charge >= 0.3 is 0 Å². The van der Waals surface area contributed by atoms with Crippen LogP contribution in [-0.2, 0) is 15.8 Å². The van der Waals surface area contributed by atoms with Gasteiger partial charge in [0.15, 0.2) is 5.58 Å². The molecule has 0 atom stereocenters. The second-order valence-corrected chi connectivity index (χ2v) is 8.44. The Kier molecular flexibility index (Phi) is 5.64. The third-order valence-electron chi connectivity index (χ3n) is 3.99. The fourth-order valence-electron chi connectivity index (χ4n) is 2.58. The molecule has 0 aliphatic heterocycles. The number of aromatic nitrogens is 1. The smallest absolute Gasteiger partial charge is 0.257 e. The van der Waals surface area contributed by atoms with Crippen LogP contribution in [-0.4, -0.2) is 30.8 Å². The molecule has 0 radical (unpaired) electrons. The first kappa shape index (κ1) is 18.9. The molecule has 138 valence electrons. The molecule has 0 saturated carbocycles. The number of hydrogen-bond donors (Lipinski definition) is 0. The Labute approximate surface area is 156 Å². The summed E-state index contributed by atoms with van der Waals surface area (Å²) in [4.78, 5) is 4.52. The van der Waals surface area contributed by atoms with Gasteiger partial charge in [0.05, 0.1) is 4.90 Å². The highest BCUT2D eigenvalue weighted by atomic mass is 32.2. The number of sulfonamides is 1. The first-order valence-electron chi connectivity index (χ1n) is 8.22. The van der Waals surface area contributed by atoms with Crippen LogP contribution < -0.4 is 0 Å². The molecule has 0 aliphatic carbocycles. The zero-order valence-electron chi connectivity index (χ0n) is 14.5. The van der Waals surface area contributed by atoms with Crippen molar-refractivity contribution in [1.29, 1.82) is 0 Å². The van der Waals surface area contributed by atoms with E-state index in [0.29, 0.717) is 40.7 Å². The van der Waals surface area contributed by atoms with Crippen molar-refractivity contribution in [2.75, 3.05) is 13.1 Å². The van der Waals surface area contributed by atoms with Gasteiger partial charge in [-0.3, -0.25) is 0 Å². The summed E-state index contributed by atoms with van der Waals surface area (Å²) in [6.07, 6.45) is 0. The Morgan fingerprint density at radius 3 is 2.58 bits per heavy atom. The number of benzene rings is 2. The van der Waals surface area contributed by atoms with Crippen molar-refractivity contribution in [3.8, 4) is 0 Å². The van der Waals surface area contributed by atoms with Crippen LogP contribution in [0.5, 0.6) is 0 Å². The number of fused-ring (bicyclic) bond motifs is 1. The average Bonchev–Trinajstić information content (AvgIpc) is 3.04. The van der Waals surface area contributed by atoms with Crippen LogP contribution in [0, 0.1) is 5.82 Å². The van der Waals surface area contributed by atoms with Crippen molar-refractivity contribution in [2.24, 2.45) is 0 Å². The first-order valence-corrected chi connectivity index (χ1v) is 10.6. The van der Waals surface area contributed by atoms with E-state index in [1.807, 2.05) is 0 Å². The molecule has 2 aromatic carbocycles. The van der Waals surface area contributed by atoms with Crippen LogP contribution in [0.25, 0.3) is 11.1 Å². The van der Waals surface area contributed by atoms with E-state index < -0.39 is 10.0 Å². The summed E-state index contributed by atoms with van der Waals surface area (Å²) in [5.41, 5.74) is 1.53. The van der Waals surface area contributed by atoms with Crippen LogP contribution in [0.3, 0.4) is 0 Å². The lowest BCUT2D eigenvalue weighted by molar-refractivity contribution is 0.445. The summed E-state index contributed by atoms with van der Waals surface area (Å²) in [6, 6.07) is 11.2. The lowest BCUT2D eigenvalue weighted by Crippen LogP contribution is -2.30. The summed E-state index contributed by atoms with van der Waals surface area (Å²) in [5.74, 6) is 0.105. The van der Waals surface area contributed by atoms with Gasteiger partial charge < -0.3 is 4.42 Å². The summed E-state index contributed by atoms with van der Waals surface area (Å²) in [6.45, 7) is 4.40. The van der Waals surface area contributed by atoms with E-state index in [2.05, 4.69) is 4.98 Å². The monoisotopic (exact) mass is 394 g/mol. The molecule has 0 amide bonds. The fourth-order valence-corrected chi connectivity index (χ4v) is 4.88. The summed E-state index contributed by atoms with van der Waals surface area (Å²) >= 11 is 1.26. The molecule has 0 saturated heterocycles. The zero-order chi connectivity index (χ0) is 18.7. The third-order valence-corrected chi connectivity index (χ3v) is 6.91. The average molecular weight is 394 g/mol. The van der Waals surface area contributed by atoms with E-state index >= 15 is 0 Å². The Morgan fingerprint density at radius 1 is 1.15 bits per heavy atom. The highest BCUT2D eigenvalue weighted by Crippen LogP contribution is 2.29. The maximum atomic E-state index is 13.7. The van der Waals surface area contributed by atoms with E-state index in [1.54, 1.807) is 38.1 Å².